The summed E-state index contributed by atoms with van der Waals surface area (Å²) in [6.45, 7) is 6.00. The van der Waals surface area contributed by atoms with E-state index in [0.29, 0.717) is 5.75 Å². The van der Waals surface area contributed by atoms with Crippen LogP contribution in [0.5, 0.6) is 5.75 Å². The first kappa shape index (κ1) is 19.3. The lowest BCUT2D eigenvalue weighted by Crippen LogP contribution is -2.45. The van der Waals surface area contributed by atoms with E-state index in [4.69, 9.17) is 0 Å². The minimum absolute atomic E-state index is 0. The monoisotopic (exact) mass is 360 g/mol. The average Bonchev–Trinajstić information content (AvgIpc) is 2.99. The second-order valence-corrected chi connectivity index (χ2v) is 6.20. The molecule has 0 aliphatic carbocycles. The molecule has 0 saturated carbocycles. The van der Waals surface area contributed by atoms with Crippen LogP contribution >= 0.6 is 36.2 Å². The van der Waals surface area contributed by atoms with Gasteiger partial charge >= 0.3 is 0 Å². The average molecular weight is 361 g/mol. The Morgan fingerprint density at radius 1 is 1.14 bits per heavy atom. The molecule has 6 heteroatoms. The van der Waals surface area contributed by atoms with Crippen LogP contribution in [-0.4, -0.2) is 36.2 Å². The molecule has 1 aromatic carbocycles. The van der Waals surface area contributed by atoms with E-state index >= 15 is 0 Å². The largest absolute Gasteiger partial charge is 0.507 e. The summed E-state index contributed by atoms with van der Waals surface area (Å²) in [5.74, 6) is 0.435. The number of nitrogens with zero attached hydrogens (tertiary/aromatic N) is 1. The highest BCUT2D eigenvalue weighted by Gasteiger charge is 2.27. The van der Waals surface area contributed by atoms with Crippen molar-refractivity contribution in [3.05, 3.63) is 51.7 Å². The minimum Gasteiger partial charge on any atom is -0.507 e. The van der Waals surface area contributed by atoms with Crippen molar-refractivity contribution in [3.63, 3.8) is 0 Å². The van der Waals surface area contributed by atoms with E-state index in [-0.39, 0.29) is 30.9 Å². The summed E-state index contributed by atoms with van der Waals surface area (Å²) < 4.78 is 0. The number of para-hydroxylation sites is 1. The SMILES string of the molecule is Cc1cccc([C@H](c2cccs2)N2CCNCC2)c1O.Cl.Cl. The molecular weight excluding hydrogens is 339 g/mol. The standard InChI is InChI=1S/C16H20N2OS.2ClH/c1-12-4-2-5-13(16(12)19)15(14-6-3-11-20-14)18-9-7-17-8-10-18;;/h2-6,11,15,17,19H,7-10H2,1H3;2*1H/t15-;;/m1../s1. The van der Waals surface area contributed by atoms with Crippen LogP contribution in [0.2, 0.25) is 0 Å². The van der Waals surface area contributed by atoms with Crippen molar-refractivity contribution in [2.75, 3.05) is 26.2 Å². The van der Waals surface area contributed by atoms with Crippen LogP contribution in [0, 0.1) is 6.92 Å². The van der Waals surface area contributed by atoms with Crippen molar-refractivity contribution in [2.45, 2.75) is 13.0 Å². The van der Waals surface area contributed by atoms with Crippen LogP contribution in [0.1, 0.15) is 22.0 Å². The molecule has 1 aliphatic heterocycles. The quantitative estimate of drug-likeness (QED) is 0.877. The Morgan fingerprint density at radius 2 is 1.86 bits per heavy atom. The van der Waals surface area contributed by atoms with Gasteiger partial charge in [0.25, 0.3) is 0 Å². The first-order valence-corrected chi connectivity index (χ1v) is 7.92. The van der Waals surface area contributed by atoms with Crippen molar-refractivity contribution in [1.82, 2.24) is 10.2 Å². The third kappa shape index (κ3) is 3.94. The zero-order chi connectivity index (χ0) is 13.9. The molecular formula is C16H22Cl2N2OS. The number of phenols is 1. The van der Waals surface area contributed by atoms with E-state index in [1.54, 1.807) is 11.3 Å². The molecule has 22 heavy (non-hydrogen) atoms. The Balaban J connectivity index is 0.00000121. The molecule has 122 valence electrons. The normalized spacial score (nSPS) is 16.4. The number of benzene rings is 1. The number of hydrogen-bond acceptors (Lipinski definition) is 4. The number of hydrogen-bond donors (Lipinski definition) is 2. The number of nitrogens with one attached hydrogen (secondary N) is 1. The maximum Gasteiger partial charge on any atom is 0.123 e. The van der Waals surface area contributed by atoms with E-state index in [1.165, 1.54) is 4.88 Å². The van der Waals surface area contributed by atoms with Gasteiger partial charge in [-0.2, -0.15) is 0 Å². The molecule has 0 bridgehead atoms. The molecule has 1 atom stereocenters. The van der Waals surface area contributed by atoms with Gasteiger partial charge in [0.1, 0.15) is 5.75 Å². The number of thiophene rings is 1. The van der Waals surface area contributed by atoms with Crippen molar-refractivity contribution >= 4 is 36.2 Å². The zero-order valence-corrected chi connectivity index (χ0v) is 14.9. The molecule has 0 spiro atoms. The highest BCUT2D eigenvalue weighted by molar-refractivity contribution is 7.10. The van der Waals surface area contributed by atoms with Crippen molar-refractivity contribution in [3.8, 4) is 5.75 Å². The topological polar surface area (TPSA) is 35.5 Å². The Labute approximate surface area is 148 Å². The molecule has 1 fully saturated rings. The summed E-state index contributed by atoms with van der Waals surface area (Å²) in [5.41, 5.74) is 1.97. The highest BCUT2D eigenvalue weighted by atomic mass is 35.5. The van der Waals surface area contributed by atoms with E-state index in [9.17, 15) is 5.11 Å². The van der Waals surface area contributed by atoms with Crippen molar-refractivity contribution in [2.24, 2.45) is 0 Å². The Kier molecular flexibility index (Phi) is 7.66. The van der Waals surface area contributed by atoms with E-state index in [1.807, 2.05) is 19.1 Å². The highest BCUT2D eigenvalue weighted by Crippen LogP contribution is 2.37. The molecule has 1 saturated heterocycles. The van der Waals surface area contributed by atoms with Crippen LogP contribution in [0.25, 0.3) is 0 Å². The molecule has 1 aliphatic rings. The van der Waals surface area contributed by atoms with Gasteiger partial charge in [-0.1, -0.05) is 24.3 Å². The fourth-order valence-corrected chi connectivity index (χ4v) is 3.70. The van der Waals surface area contributed by atoms with Gasteiger partial charge in [-0.05, 0) is 23.9 Å². The predicted molar refractivity (Wildman–Crippen MR) is 97.9 cm³/mol. The van der Waals surface area contributed by atoms with Crippen LogP contribution in [0.15, 0.2) is 35.7 Å². The maximum atomic E-state index is 10.5. The third-order valence-corrected chi connectivity index (χ3v) is 4.82. The Bertz CT molecular complexity index is 572. The lowest BCUT2D eigenvalue weighted by atomic mass is 9.99. The number of halogens is 2. The number of aromatic hydroxyl groups is 1. The fourth-order valence-electron chi connectivity index (χ4n) is 2.82. The summed E-state index contributed by atoms with van der Waals surface area (Å²) in [7, 11) is 0. The van der Waals surface area contributed by atoms with E-state index in [0.717, 1.165) is 37.3 Å². The van der Waals surface area contributed by atoms with Crippen LogP contribution in [0.3, 0.4) is 0 Å². The van der Waals surface area contributed by atoms with Crippen LogP contribution < -0.4 is 5.32 Å². The molecule has 3 rings (SSSR count). The number of aryl methyl sites for hydroxylation is 1. The van der Waals surface area contributed by atoms with Gasteiger partial charge in [-0.3, -0.25) is 4.90 Å². The molecule has 1 aromatic heterocycles. The maximum absolute atomic E-state index is 10.5. The van der Waals surface area contributed by atoms with Crippen molar-refractivity contribution in [1.29, 1.82) is 0 Å². The van der Waals surface area contributed by atoms with Crippen LogP contribution in [0.4, 0.5) is 0 Å². The molecule has 3 nitrogen and oxygen atoms in total. The predicted octanol–water partition coefficient (Wildman–Crippen LogP) is 3.60. The first-order chi connectivity index (χ1) is 9.77. The second-order valence-electron chi connectivity index (χ2n) is 5.22. The van der Waals surface area contributed by atoms with Crippen molar-refractivity contribution < 1.29 is 5.11 Å². The fraction of sp³-hybridized carbons (Fsp3) is 0.375. The second kappa shape index (κ2) is 8.75. The minimum atomic E-state index is 0. The Morgan fingerprint density at radius 3 is 2.50 bits per heavy atom. The lowest BCUT2D eigenvalue weighted by Gasteiger charge is -2.35. The van der Waals surface area contributed by atoms with Gasteiger partial charge in [0, 0.05) is 36.6 Å². The van der Waals surface area contributed by atoms with Gasteiger partial charge in [0.2, 0.25) is 0 Å². The number of rotatable bonds is 3. The summed E-state index contributed by atoms with van der Waals surface area (Å²) in [4.78, 5) is 3.75. The summed E-state index contributed by atoms with van der Waals surface area (Å²) in [6, 6.07) is 10.5. The molecule has 2 heterocycles. The summed E-state index contributed by atoms with van der Waals surface area (Å²) >= 11 is 1.76. The smallest absolute Gasteiger partial charge is 0.123 e. The van der Waals surface area contributed by atoms with Crippen LogP contribution in [-0.2, 0) is 0 Å². The zero-order valence-electron chi connectivity index (χ0n) is 12.5. The lowest BCUT2D eigenvalue weighted by molar-refractivity contribution is 0.198. The van der Waals surface area contributed by atoms with Gasteiger partial charge < -0.3 is 10.4 Å². The van der Waals surface area contributed by atoms with E-state index in [2.05, 4.69) is 33.8 Å². The molecule has 2 N–H and O–H groups in total. The van der Waals surface area contributed by atoms with Gasteiger partial charge in [0.05, 0.1) is 6.04 Å². The third-order valence-electron chi connectivity index (χ3n) is 3.89. The molecule has 0 amide bonds. The van der Waals surface area contributed by atoms with E-state index < -0.39 is 0 Å². The summed E-state index contributed by atoms with van der Waals surface area (Å²) in [5, 5.41) is 16.0. The first-order valence-electron chi connectivity index (χ1n) is 7.04. The van der Waals surface area contributed by atoms with Gasteiger partial charge in [-0.15, -0.1) is 36.2 Å². The Hall–Kier alpha value is -0.780. The van der Waals surface area contributed by atoms with Gasteiger partial charge in [-0.25, -0.2) is 0 Å². The van der Waals surface area contributed by atoms with Gasteiger partial charge in [0.15, 0.2) is 0 Å². The summed E-state index contributed by atoms with van der Waals surface area (Å²) in [6.07, 6.45) is 0. The molecule has 0 radical (unpaired) electrons. The molecule has 0 unspecified atom stereocenters. The molecule has 2 aromatic rings. The number of phenolic OH excluding ortho intramolecular Hbond substituents is 1. The number of piperazine rings is 1.